The second kappa shape index (κ2) is 8.12. The highest BCUT2D eigenvalue weighted by molar-refractivity contribution is 7.20. The maximum Gasteiger partial charge on any atom is 0.348 e. The number of carbonyl (C=O) groups excluding carboxylic acids is 1. The summed E-state index contributed by atoms with van der Waals surface area (Å²) in [7, 11) is 7.33. The molecule has 8 heteroatoms. The van der Waals surface area contributed by atoms with Crippen LogP contribution in [0.15, 0.2) is 29.1 Å². The van der Waals surface area contributed by atoms with Crippen molar-refractivity contribution in [1.29, 1.82) is 0 Å². The number of methoxy groups -OCH3 is 1. The van der Waals surface area contributed by atoms with Crippen LogP contribution < -0.4 is 10.5 Å². The van der Waals surface area contributed by atoms with E-state index in [4.69, 9.17) is 4.74 Å². The number of nitrogens with one attached hydrogen (secondary N) is 1. The molecule has 0 bridgehead atoms. The highest BCUT2D eigenvalue weighted by Crippen LogP contribution is 2.27. The molecule has 0 radical (unpaired) electrons. The zero-order valence-corrected chi connectivity index (χ0v) is 17.5. The Bertz CT molecular complexity index is 1050. The first-order valence-corrected chi connectivity index (χ1v) is 9.67. The maximum atomic E-state index is 12.5. The molecular formula is C20H24N4O3S. The van der Waals surface area contributed by atoms with Gasteiger partial charge in [-0.25, -0.2) is 9.78 Å². The molecule has 7 nitrogen and oxygen atoms in total. The third kappa shape index (κ3) is 4.07. The van der Waals surface area contributed by atoms with Crippen LogP contribution in [0.1, 0.15) is 26.6 Å². The molecule has 2 aromatic heterocycles. The number of anilines is 1. The Kier molecular flexibility index (Phi) is 5.81. The molecule has 3 rings (SSSR count). The molecule has 0 saturated heterocycles. The number of nitrogens with zero attached hydrogens (tertiary/aromatic N) is 3. The number of thiophene rings is 1. The molecular weight excluding hydrogens is 376 g/mol. The number of ether oxygens (including phenoxy) is 1. The number of fused-ring (bicyclic) bond motifs is 1. The number of aryl methyl sites for hydroxylation is 1. The lowest BCUT2D eigenvalue weighted by atomic mass is 10.2. The molecule has 0 fully saturated rings. The van der Waals surface area contributed by atoms with Crippen molar-refractivity contribution in [2.45, 2.75) is 20.0 Å². The minimum absolute atomic E-state index is 0.229. The van der Waals surface area contributed by atoms with Crippen molar-refractivity contribution < 1.29 is 9.53 Å². The van der Waals surface area contributed by atoms with Crippen LogP contribution in [0.4, 0.5) is 5.69 Å². The summed E-state index contributed by atoms with van der Waals surface area (Å²) in [5.74, 6) is 0.127. The summed E-state index contributed by atoms with van der Waals surface area (Å²) in [6.07, 6.45) is 0. The second-order valence-electron chi connectivity index (χ2n) is 6.97. The minimum Gasteiger partial charge on any atom is -0.465 e. The third-order valence-electron chi connectivity index (χ3n) is 4.55. The summed E-state index contributed by atoms with van der Waals surface area (Å²) in [6, 6.07) is 8.35. The Balaban J connectivity index is 1.80. The van der Waals surface area contributed by atoms with Gasteiger partial charge in [0.15, 0.2) is 0 Å². The predicted molar refractivity (Wildman–Crippen MR) is 112 cm³/mol. The first-order chi connectivity index (χ1) is 13.3. The van der Waals surface area contributed by atoms with Crippen molar-refractivity contribution in [3.05, 3.63) is 56.4 Å². The summed E-state index contributed by atoms with van der Waals surface area (Å²) in [4.78, 5) is 36.9. The molecule has 0 aliphatic rings. The van der Waals surface area contributed by atoms with Gasteiger partial charge in [0.05, 0.1) is 19.0 Å². The molecule has 0 atom stereocenters. The lowest BCUT2D eigenvalue weighted by Crippen LogP contribution is -2.21. The molecule has 1 N–H and O–H groups in total. The van der Waals surface area contributed by atoms with Gasteiger partial charge in [-0.3, -0.25) is 9.69 Å². The fraction of sp³-hybridized carbons (Fsp3) is 0.350. The zero-order chi connectivity index (χ0) is 20.4. The fourth-order valence-electron chi connectivity index (χ4n) is 3.07. The van der Waals surface area contributed by atoms with Gasteiger partial charge in [0, 0.05) is 26.3 Å². The van der Waals surface area contributed by atoms with E-state index in [2.05, 4.69) is 44.0 Å². The first kappa shape index (κ1) is 20.0. The van der Waals surface area contributed by atoms with Gasteiger partial charge < -0.3 is 14.6 Å². The van der Waals surface area contributed by atoms with Gasteiger partial charge >= 0.3 is 5.97 Å². The summed E-state index contributed by atoms with van der Waals surface area (Å²) in [5.41, 5.74) is 2.71. The van der Waals surface area contributed by atoms with Crippen molar-refractivity contribution in [2.75, 3.05) is 33.2 Å². The minimum atomic E-state index is -0.445. The summed E-state index contributed by atoms with van der Waals surface area (Å²) < 4.78 is 4.79. The number of carbonyl (C=O) groups is 1. The third-order valence-corrected chi connectivity index (χ3v) is 5.71. The van der Waals surface area contributed by atoms with Crippen molar-refractivity contribution in [1.82, 2.24) is 14.9 Å². The summed E-state index contributed by atoms with van der Waals surface area (Å²) in [5, 5.41) is 0.455. The van der Waals surface area contributed by atoms with E-state index >= 15 is 0 Å². The Labute approximate surface area is 167 Å². The van der Waals surface area contributed by atoms with Gasteiger partial charge in [-0.15, -0.1) is 11.3 Å². The number of esters is 1. The van der Waals surface area contributed by atoms with Crippen LogP contribution in [-0.4, -0.2) is 49.1 Å². The number of rotatable bonds is 6. The van der Waals surface area contributed by atoms with Crippen molar-refractivity contribution in [3.63, 3.8) is 0 Å². The maximum absolute atomic E-state index is 12.5. The largest absolute Gasteiger partial charge is 0.465 e. The number of hydrogen-bond donors (Lipinski definition) is 1. The summed E-state index contributed by atoms with van der Waals surface area (Å²) in [6.45, 7) is 2.96. The zero-order valence-electron chi connectivity index (χ0n) is 16.7. The first-order valence-electron chi connectivity index (χ1n) is 8.85. The van der Waals surface area contributed by atoms with Gasteiger partial charge in [0.1, 0.15) is 15.5 Å². The molecule has 0 aliphatic carbocycles. The van der Waals surface area contributed by atoms with E-state index in [0.717, 1.165) is 12.2 Å². The fourth-order valence-corrected chi connectivity index (χ4v) is 4.19. The number of hydrogen-bond acceptors (Lipinski definition) is 7. The van der Waals surface area contributed by atoms with Gasteiger partial charge in [0.25, 0.3) is 5.56 Å². The lowest BCUT2D eigenvalue weighted by Gasteiger charge is -2.17. The van der Waals surface area contributed by atoms with Crippen molar-refractivity contribution >= 4 is 33.2 Å². The van der Waals surface area contributed by atoms with Crippen LogP contribution >= 0.6 is 11.3 Å². The average molecular weight is 401 g/mol. The van der Waals surface area contributed by atoms with Crippen LogP contribution in [0.3, 0.4) is 0 Å². The SMILES string of the molecule is COC(=O)c1sc2nc(CN(C)Cc3ccc(N(C)C)cc3)[nH]c(=O)c2c1C. The summed E-state index contributed by atoms with van der Waals surface area (Å²) >= 11 is 1.19. The van der Waals surface area contributed by atoms with E-state index in [9.17, 15) is 9.59 Å². The topological polar surface area (TPSA) is 78.5 Å². The van der Waals surface area contributed by atoms with Crippen LogP contribution in [0.2, 0.25) is 0 Å². The number of H-pyrrole nitrogens is 1. The highest BCUT2D eigenvalue weighted by Gasteiger charge is 2.20. The smallest absolute Gasteiger partial charge is 0.348 e. The van der Waals surface area contributed by atoms with Gasteiger partial charge in [-0.2, -0.15) is 0 Å². The van der Waals surface area contributed by atoms with Gasteiger partial charge in [-0.05, 0) is 37.2 Å². The monoisotopic (exact) mass is 400 g/mol. The second-order valence-corrected chi connectivity index (χ2v) is 7.97. The van der Waals surface area contributed by atoms with E-state index in [0.29, 0.717) is 33.0 Å². The molecule has 0 unspecified atom stereocenters. The van der Waals surface area contributed by atoms with E-state index in [1.54, 1.807) is 6.92 Å². The van der Waals surface area contributed by atoms with E-state index < -0.39 is 5.97 Å². The molecule has 28 heavy (non-hydrogen) atoms. The molecule has 148 valence electrons. The van der Waals surface area contributed by atoms with E-state index in [1.807, 2.05) is 21.1 Å². The number of benzene rings is 1. The predicted octanol–water partition coefficient (Wildman–Crippen LogP) is 2.78. The normalized spacial score (nSPS) is 11.2. The van der Waals surface area contributed by atoms with Crippen LogP contribution in [0.5, 0.6) is 0 Å². The van der Waals surface area contributed by atoms with Crippen molar-refractivity contribution in [3.8, 4) is 0 Å². The van der Waals surface area contributed by atoms with Gasteiger partial charge in [-0.1, -0.05) is 12.1 Å². The lowest BCUT2D eigenvalue weighted by molar-refractivity contribution is 0.0605. The molecule has 2 heterocycles. The standard InChI is InChI=1S/C20H24N4O3S/c1-12-16-18(25)21-15(22-19(16)28-17(12)20(26)27-5)11-24(4)10-13-6-8-14(9-7-13)23(2)3/h6-9H,10-11H2,1-5H3,(H,21,22,25). The number of aromatic amines is 1. The highest BCUT2D eigenvalue weighted by atomic mass is 32.1. The molecule has 0 amide bonds. The Morgan fingerprint density at radius 3 is 2.46 bits per heavy atom. The molecule has 0 aliphatic heterocycles. The quantitative estimate of drug-likeness (QED) is 0.641. The van der Waals surface area contributed by atoms with Crippen molar-refractivity contribution in [2.24, 2.45) is 0 Å². The van der Waals surface area contributed by atoms with Gasteiger partial charge in [0.2, 0.25) is 0 Å². The Morgan fingerprint density at radius 1 is 1.18 bits per heavy atom. The number of aromatic nitrogens is 2. The average Bonchev–Trinajstić information content (AvgIpc) is 2.98. The van der Waals surface area contributed by atoms with Crippen LogP contribution in [-0.2, 0) is 17.8 Å². The molecule has 1 aromatic carbocycles. The molecule has 3 aromatic rings. The molecule has 0 spiro atoms. The van der Waals surface area contributed by atoms with E-state index in [-0.39, 0.29) is 5.56 Å². The Morgan fingerprint density at radius 2 is 1.86 bits per heavy atom. The van der Waals surface area contributed by atoms with Crippen LogP contribution in [0, 0.1) is 6.92 Å². The van der Waals surface area contributed by atoms with Crippen LogP contribution in [0.25, 0.3) is 10.2 Å². The Hall–Kier alpha value is -2.71. The van der Waals surface area contributed by atoms with E-state index in [1.165, 1.54) is 24.0 Å². The molecule has 0 saturated carbocycles.